The number of rotatable bonds is 3. The van der Waals surface area contributed by atoms with Gasteiger partial charge in [0.05, 0.1) is 0 Å². The summed E-state index contributed by atoms with van der Waals surface area (Å²) in [6, 6.07) is 0. The molecule has 0 atom stereocenters. The van der Waals surface area contributed by atoms with Crippen LogP contribution in [0.3, 0.4) is 0 Å². The monoisotopic (exact) mass is 248 g/mol. The fourth-order valence-corrected chi connectivity index (χ4v) is 2.59. The van der Waals surface area contributed by atoms with Crippen LogP contribution in [-0.4, -0.2) is 30.1 Å². The number of piperidine rings is 1. The highest BCUT2D eigenvalue weighted by Crippen LogP contribution is 2.30. The third-order valence-electron chi connectivity index (χ3n) is 3.62. The van der Waals surface area contributed by atoms with E-state index in [1.165, 1.54) is 18.4 Å². The first-order valence-electron chi connectivity index (χ1n) is 6.74. The Morgan fingerprint density at radius 2 is 2.22 bits per heavy atom. The van der Waals surface area contributed by atoms with Crippen molar-refractivity contribution < 1.29 is 0 Å². The Bertz CT molecular complexity index is 414. The maximum absolute atomic E-state index is 4.66. The maximum Gasteiger partial charge on any atom is 0.225 e. The number of hydrogen-bond donors (Lipinski definition) is 1. The van der Waals surface area contributed by atoms with Crippen LogP contribution in [0.1, 0.15) is 37.9 Å². The van der Waals surface area contributed by atoms with E-state index in [1.807, 2.05) is 13.2 Å². The van der Waals surface area contributed by atoms with Crippen LogP contribution in [0.5, 0.6) is 0 Å². The SMILES string of the molecule is CNCc1cnc(N2CCCC(C)(C)C2)nc1C. The molecule has 0 amide bonds. The van der Waals surface area contributed by atoms with Gasteiger partial charge in [-0.05, 0) is 32.2 Å². The molecular formula is C14H24N4. The normalized spacial score (nSPS) is 19.0. The van der Waals surface area contributed by atoms with Gasteiger partial charge in [-0.25, -0.2) is 9.97 Å². The lowest BCUT2D eigenvalue weighted by molar-refractivity contribution is 0.291. The number of hydrogen-bond acceptors (Lipinski definition) is 4. The van der Waals surface area contributed by atoms with Crippen molar-refractivity contribution in [3.63, 3.8) is 0 Å². The van der Waals surface area contributed by atoms with Crippen LogP contribution in [0.15, 0.2) is 6.20 Å². The van der Waals surface area contributed by atoms with Crippen LogP contribution in [-0.2, 0) is 6.54 Å². The van der Waals surface area contributed by atoms with E-state index in [4.69, 9.17) is 0 Å². The molecule has 2 heterocycles. The number of aryl methyl sites for hydroxylation is 1. The van der Waals surface area contributed by atoms with Crippen LogP contribution >= 0.6 is 0 Å². The van der Waals surface area contributed by atoms with E-state index >= 15 is 0 Å². The molecule has 1 aliphatic heterocycles. The summed E-state index contributed by atoms with van der Waals surface area (Å²) < 4.78 is 0. The van der Waals surface area contributed by atoms with Gasteiger partial charge in [0.25, 0.3) is 0 Å². The second-order valence-corrected chi connectivity index (χ2v) is 6.00. The molecule has 0 bridgehead atoms. The fraction of sp³-hybridized carbons (Fsp3) is 0.714. The summed E-state index contributed by atoms with van der Waals surface area (Å²) >= 11 is 0. The smallest absolute Gasteiger partial charge is 0.225 e. The van der Waals surface area contributed by atoms with E-state index in [-0.39, 0.29) is 0 Å². The second-order valence-electron chi connectivity index (χ2n) is 6.00. The highest BCUT2D eigenvalue weighted by molar-refractivity contribution is 5.34. The Balaban J connectivity index is 2.16. The quantitative estimate of drug-likeness (QED) is 0.889. The number of anilines is 1. The molecule has 2 rings (SSSR count). The highest BCUT2D eigenvalue weighted by atomic mass is 15.3. The lowest BCUT2D eigenvalue weighted by Gasteiger charge is -2.38. The summed E-state index contributed by atoms with van der Waals surface area (Å²) in [5.74, 6) is 0.889. The minimum Gasteiger partial charge on any atom is -0.340 e. The average Bonchev–Trinajstić information content (AvgIpc) is 2.30. The zero-order valence-electron chi connectivity index (χ0n) is 12.0. The van der Waals surface area contributed by atoms with E-state index < -0.39 is 0 Å². The molecule has 0 radical (unpaired) electrons. The van der Waals surface area contributed by atoms with Crippen molar-refractivity contribution in [1.82, 2.24) is 15.3 Å². The molecule has 1 aliphatic rings. The number of aromatic nitrogens is 2. The van der Waals surface area contributed by atoms with E-state index in [2.05, 4.69) is 41.0 Å². The third-order valence-corrected chi connectivity index (χ3v) is 3.62. The molecular weight excluding hydrogens is 224 g/mol. The average molecular weight is 248 g/mol. The lowest BCUT2D eigenvalue weighted by Crippen LogP contribution is -2.41. The first-order valence-corrected chi connectivity index (χ1v) is 6.74. The van der Waals surface area contributed by atoms with E-state index in [9.17, 15) is 0 Å². The number of nitrogens with zero attached hydrogens (tertiary/aromatic N) is 3. The van der Waals surface area contributed by atoms with Crippen LogP contribution in [0.25, 0.3) is 0 Å². The summed E-state index contributed by atoms with van der Waals surface area (Å²) in [6.07, 6.45) is 4.48. The van der Waals surface area contributed by atoms with Crippen molar-refractivity contribution in [2.24, 2.45) is 5.41 Å². The molecule has 4 heteroatoms. The largest absolute Gasteiger partial charge is 0.340 e. The molecule has 0 spiro atoms. The molecule has 0 saturated carbocycles. The molecule has 1 aromatic heterocycles. The topological polar surface area (TPSA) is 41.1 Å². The second kappa shape index (κ2) is 5.22. The molecule has 1 fully saturated rings. The Morgan fingerprint density at radius 3 is 2.83 bits per heavy atom. The molecule has 1 aromatic rings. The van der Waals surface area contributed by atoms with Crippen molar-refractivity contribution in [3.05, 3.63) is 17.5 Å². The van der Waals surface area contributed by atoms with E-state index in [0.29, 0.717) is 5.41 Å². The zero-order valence-corrected chi connectivity index (χ0v) is 12.0. The standard InChI is InChI=1S/C14H24N4/c1-11-12(8-15-4)9-16-13(17-11)18-7-5-6-14(2,3)10-18/h9,15H,5-8,10H2,1-4H3. The highest BCUT2D eigenvalue weighted by Gasteiger charge is 2.27. The van der Waals surface area contributed by atoms with Gasteiger partial charge in [0.15, 0.2) is 0 Å². The summed E-state index contributed by atoms with van der Waals surface area (Å²) in [5, 5.41) is 3.14. The first-order chi connectivity index (χ1) is 8.52. The van der Waals surface area contributed by atoms with Gasteiger partial charge in [-0.1, -0.05) is 13.8 Å². The van der Waals surface area contributed by atoms with E-state index in [1.54, 1.807) is 0 Å². The van der Waals surface area contributed by atoms with Gasteiger partial charge in [0.1, 0.15) is 0 Å². The minimum absolute atomic E-state index is 0.374. The van der Waals surface area contributed by atoms with E-state index in [0.717, 1.165) is 31.3 Å². The summed E-state index contributed by atoms with van der Waals surface area (Å²) in [6.45, 7) is 9.67. The molecule has 18 heavy (non-hydrogen) atoms. The van der Waals surface area contributed by atoms with Gasteiger partial charge < -0.3 is 10.2 Å². The van der Waals surface area contributed by atoms with Crippen molar-refractivity contribution in [2.45, 2.75) is 40.2 Å². The van der Waals surface area contributed by atoms with Crippen molar-refractivity contribution >= 4 is 5.95 Å². The first kappa shape index (κ1) is 13.3. The molecule has 0 aliphatic carbocycles. The van der Waals surface area contributed by atoms with Gasteiger partial charge in [0, 0.05) is 37.1 Å². The van der Waals surface area contributed by atoms with Gasteiger partial charge in [-0.2, -0.15) is 0 Å². The van der Waals surface area contributed by atoms with Gasteiger partial charge >= 0.3 is 0 Å². The lowest BCUT2D eigenvalue weighted by atomic mass is 9.84. The summed E-state index contributed by atoms with van der Waals surface area (Å²) in [4.78, 5) is 11.5. The minimum atomic E-state index is 0.374. The molecule has 0 unspecified atom stereocenters. The zero-order chi connectivity index (χ0) is 13.2. The van der Waals surface area contributed by atoms with Crippen LogP contribution in [0.2, 0.25) is 0 Å². The van der Waals surface area contributed by atoms with Gasteiger partial charge in [-0.15, -0.1) is 0 Å². The van der Waals surface area contributed by atoms with Crippen LogP contribution in [0, 0.1) is 12.3 Å². The van der Waals surface area contributed by atoms with Crippen LogP contribution in [0.4, 0.5) is 5.95 Å². The molecule has 100 valence electrons. The fourth-order valence-electron chi connectivity index (χ4n) is 2.59. The molecule has 0 aromatic carbocycles. The Hall–Kier alpha value is -1.16. The van der Waals surface area contributed by atoms with Crippen LogP contribution < -0.4 is 10.2 Å². The maximum atomic E-state index is 4.66. The van der Waals surface area contributed by atoms with Gasteiger partial charge in [0.2, 0.25) is 5.95 Å². The molecule has 1 saturated heterocycles. The molecule has 1 N–H and O–H groups in total. The van der Waals surface area contributed by atoms with Gasteiger partial charge in [-0.3, -0.25) is 0 Å². The summed E-state index contributed by atoms with van der Waals surface area (Å²) in [5.41, 5.74) is 2.63. The molecule has 4 nitrogen and oxygen atoms in total. The van der Waals surface area contributed by atoms with Crippen molar-refractivity contribution in [1.29, 1.82) is 0 Å². The number of nitrogens with one attached hydrogen (secondary N) is 1. The van der Waals surface area contributed by atoms with Crippen molar-refractivity contribution in [3.8, 4) is 0 Å². The predicted octanol–water partition coefficient (Wildman–Crippen LogP) is 2.13. The third kappa shape index (κ3) is 2.99. The Labute approximate surface area is 110 Å². The Kier molecular flexibility index (Phi) is 3.85. The predicted molar refractivity (Wildman–Crippen MR) is 74.8 cm³/mol. The van der Waals surface area contributed by atoms with Crippen molar-refractivity contribution in [2.75, 3.05) is 25.0 Å². The summed E-state index contributed by atoms with van der Waals surface area (Å²) in [7, 11) is 1.94. The Morgan fingerprint density at radius 1 is 1.44 bits per heavy atom.